The average Bonchev–Trinajstić information content (AvgIpc) is 3.22. The van der Waals surface area contributed by atoms with Gasteiger partial charge in [0.2, 0.25) is 0 Å². The zero-order chi connectivity index (χ0) is 14.7. The fourth-order valence-electron chi connectivity index (χ4n) is 2.31. The molecule has 1 aromatic carbocycles. The van der Waals surface area contributed by atoms with Crippen LogP contribution < -0.4 is 0 Å². The maximum absolute atomic E-state index is 13.1. The molecule has 0 heterocycles. The van der Waals surface area contributed by atoms with Crippen LogP contribution in [0.1, 0.15) is 36.5 Å². The lowest BCUT2D eigenvalue weighted by Gasteiger charge is -2.29. The molecular weight excluding hydrogens is 279 g/mol. The molecule has 1 amide bonds. The first kappa shape index (κ1) is 14.8. The van der Waals surface area contributed by atoms with E-state index >= 15 is 0 Å². The van der Waals surface area contributed by atoms with Crippen LogP contribution in [0.15, 0.2) is 18.2 Å². The Labute approximate surface area is 122 Å². The third-order valence-electron chi connectivity index (χ3n) is 3.68. The van der Waals surface area contributed by atoms with Gasteiger partial charge in [0.15, 0.2) is 0 Å². The molecule has 106 valence electrons. The number of amides is 1. The second kappa shape index (κ2) is 6.23. The van der Waals surface area contributed by atoms with Gasteiger partial charge >= 0.3 is 0 Å². The highest BCUT2D eigenvalue weighted by molar-refractivity contribution is 6.33. The molecule has 0 bridgehead atoms. The first-order valence-electron chi connectivity index (χ1n) is 6.67. The Morgan fingerprint density at radius 1 is 1.60 bits per heavy atom. The second-order valence-electron chi connectivity index (χ2n) is 5.11. The van der Waals surface area contributed by atoms with E-state index in [0.29, 0.717) is 18.0 Å². The van der Waals surface area contributed by atoms with Gasteiger partial charge in [-0.1, -0.05) is 11.6 Å². The van der Waals surface area contributed by atoms with Crippen LogP contribution in [-0.2, 0) is 0 Å². The van der Waals surface area contributed by atoms with Crippen LogP contribution >= 0.6 is 11.6 Å². The number of carbonyl (C=O) groups is 1. The van der Waals surface area contributed by atoms with E-state index in [0.717, 1.165) is 18.9 Å². The van der Waals surface area contributed by atoms with Crippen molar-refractivity contribution in [2.45, 2.75) is 32.2 Å². The minimum absolute atomic E-state index is 0.0805. The van der Waals surface area contributed by atoms with Crippen LogP contribution in [0.25, 0.3) is 0 Å². The lowest BCUT2D eigenvalue weighted by molar-refractivity contribution is 0.0677. The highest BCUT2D eigenvalue weighted by atomic mass is 35.5. The largest absolute Gasteiger partial charge is 0.335 e. The van der Waals surface area contributed by atoms with Crippen LogP contribution in [0.2, 0.25) is 5.02 Å². The number of carbonyl (C=O) groups excluding carboxylic acids is 1. The molecule has 3 nitrogen and oxygen atoms in total. The Hall–Kier alpha value is -1.60. The molecule has 0 spiro atoms. The van der Waals surface area contributed by atoms with Crippen molar-refractivity contribution >= 4 is 17.5 Å². The number of hydrogen-bond donors (Lipinski definition) is 0. The number of hydrogen-bond acceptors (Lipinski definition) is 2. The monoisotopic (exact) mass is 294 g/mol. The SMILES string of the molecule is CC(C1CC1)N(CCC#N)C(=O)c1ccc(F)cc1Cl. The van der Waals surface area contributed by atoms with Crippen molar-refractivity contribution in [3.05, 3.63) is 34.6 Å². The highest BCUT2D eigenvalue weighted by Crippen LogP contribution is 2.36. The zero-order valence-corrected chi connectivity index (χ0v) is 12.0. The number of nitriles is 1. The molecule has 1 unspecified atom stereocenters. The summed E-state index contributed by atoms with van der Waals surface area (Å²) in [5, 5.41) is 8.84. The van der Waals surface area contributed by atoms with E-state index in [9.17, 15) is 9.18 Å². The molecule has 1 fully saturated rings. The molecule has 2 rings (SSSR count). The maximum atomic E-state index is 13.1. The quantitative estimate of drug-likeness (QED) is 0.832. The fourth-order valence-corrected chi connectivity index (χ4v) is 2.56. The molecular formula is C15H16ClFN2O. The van der Waals surface area contributed by atoms with Crippen molar-refractivity contribution in [2.75, 3.05) is 6.54 Å². The number of benzene rings is 1. The van der Waals surface area contributed by atoms with Crippen molar-refractivity contribution < 1.29 is 9.18 Å². The van der Waals surface area contributed by atoms with E-state index in [1.165, 1.54) is 12.1 Å². The summed E-state index contributed by atoms with van der Waals surface area (Å²) >= 11 is 5.95. The summed E-state index contributed by atoms with van der Waals surface area (Å²) in [7, 11) is 0. The first-order valence-corrected chi connectivity index (χ1v) is 7.05. The Kier molecular flexibility index (Phi) is 4.61. The van der Waals surface area contributed by atoms with E-state index in [1.54, 1.807) is 4.90 Å². The van der Waals surface area contributed by atoms with Crippen molar-refractivity contribution in [3.8, 4) is 6.07 Å². The maximum Gasteiger partial charge on any atom is 0.255 e. The topological polar surface area (TPSA) is 44.1 Å². The Bertz CT molecular complexity index is 551. The van der Waals surface area contributed by atoms with Crippen LogP contribution in [0.3, 0.4) is 0 Å². The summed E-state index contributed by atoms with van der Waals surface area (Å²) in [6, 6.07) is 5.90. The molecule has 1 aliphatic carbocycles. The van der Waals surface area contributed by atoms with E-state index in [2.05, 4.69) is 6.07 Å². The Morgan fingerprint density at radius 3 is 2.85 bits per heavy atom. The third kappa shape index (κ3) is 3.29. The summed E-state index contributed by atoms with van der Waals surface area (Å²) in [5.41, 5.74) is 0.290. The van der Waals surface area contributed by atoms with Crippen LogP contribution in [0.5, 0.6) is 0 Å². The third-order valence-corrected chi connectivity index (χ3v) is 4.00. The molecule has 1 aromatic rings. The molecule has 5 heteroatoms. The fraction of sp³-hybridized carbons (Fsp3) is 0.467. The highest BCUT2D eigenvalue weighted by Gasteiger charge is 2.34. The lowest BCUT2D eigenvalue weighted by Crippen LogP contribution is -2.40. The molecule has 0 aliphatic heterocycles. The van der Waals surface area contributed by atoms with E-state index in [1.807, 2.05) is 6.92 Å². The zero-order valence-electron chi connectivity index (χ0n) is 11.3. The number of nitrogens with zero attached hydrogens (tertiary/aromatic N) is 2. The molecule has 1 saturated carbocycles. The Balaban J connectivity index is 2.22. The van der Waals surface area contributed by atoms with Gasteiger partial charge in [0.05, 0.1) is 23.1 Å². The average molecular weight is 295 g/mol. The van der Waals surface area contributed by atoms with Gasteiger partial charge in [0.25, 0.3) is 5.91 Å². The molecule has 0 aromatic heterocycles. The van der Waals surface area contributed by atoms with Gasteiger partial charge in [0.1, 0.15) is 5.82 Å². The summed E-state index contributed by atoms with van der Waals surface area (Å²) in [6.45, 7) is 2.37. The summed E-state index contributed by atoms with van der Waals surface area (Å²) < 4.78 is 13.1. The van der Waals surface area contributed by atoms with Crippen molar-refractivity contribution in [3.63, 3.8) is 0 Å². The predicted molar refractivity (Wildman–Crippen MR) is 74.9 cm³/mol. The normalized spacial score (nSPS) is 15.5. The van der Waals surface area contributed by atoms with Crippen LogP contribution in [-0.4, -0.2) is 23.4 Å². The van der Waals surface area contributed by atoms with Gasteiger partial charge < -0.3 is 4.90 Å². The van der Waals surface area contributed by atoms with Crippen molar-refractivity contribution in [1.29, 1.82) is 5.26 Å². The van der Waals surface area contributed by atoms with Gasteiger partial charge in [-0.25, -0.2) is 4.39 Å². The van der Waals surface area contributed by atoms with Gasteiger partial charge in [0, 0.05) is 12.6 Å². The minimum atomic E-state index is -0.467. The molecule has 0 saturated heterocycles. The predicted octanol–water partition coefficient (Wildman–Crippen LogP) is 3.63. The van der Waals surface area contributed by atoms with E-state index < -0.39 is 5.82 Å². The summed E-state index contributed by atoms with van der Waals surface area (Å²) in [4.78, 5) is 14.2. The lowest BCUT2D eigenvalue weighted by atomic mass is 10.1. The van der Waals surface area contributed by atoms with Crippen molar-refractivity contribution in [2.24, 2.45) is 5.92 Å². The Morgan fingerprint density at radius 2 is 2.30 bits per heavy atom. The smallest absolute Gasteiger partial charge is 0.255 e. The standard InChI is InChI=1S/C15H16ClFN2O/c1-10(11-3-4-11)19(8-2-7-18)15(20)13-6-5-12(17)9-14(13)16/h5-6,9-11H,2-4,8H2,1H3. The molecule has 1 aliphatic rings. The second-order valence-corrected chi connectivity index (χ2v) is 5.52. The number of halogens is 2. The van der Waals surface area contributed by atoms with Gasteiger partial charge in [-0.05, 0) is 43.9 Å². The van der Waals surface area contributed by atoms with E-state index in [4.69, 9.17) is 16.9 Å². The number of rotatable bonds is 5. The van der Waals surface area contributed by atoms with Gasteiger partial charge in [-0.15, -0.1) is 0 Å². The minimum Gasteiger partial charge on any atom is -0.335 e. The first-order chi connectivity index (χ1) is 9.54. The summed E-state index contributed by atoms with van der Waals surface area (Å²) in [5.74, 6) is -0.202. The van der Waals surface area contributed by atoms with Crippen LogP contribution in [0.4, 0.5) is 4.39 Å². The molecule has 1 atom stereocenters. The molecule has 0 N–H and O–H groups in total. The van der Waals surface area contributed by atoms with E-state index in [-0.39, 0.29) is 23.4 Å². The van der Waals surface area contributed by atoms with Gasteiger partial charge in [-0.2, -0.15) is 5.26 Å². The molecule has 0 radical (unpaired) electrons. The van der Waals surface area contributed by atoms with Crippen molar-refractivity contribution in [1.82, 2.24) is 4.90 Å². The van der Waals surface area contributed by atoms with Gasteiger partial charge in [-0.3, -0.25) is 4.79 Å². The molecule has 20 heavy (non-hydrogen) atoms. The van der Waals surface area contributed by atoms with Crippen LogP contribution in [0, 0.1) is 23.1 Å². The summed E-state index contributed by atoms with van der Waals surface area (Å²) in [6.07, 6.45) is 2.49.